The summed E-state index contributed by atoms with van der Waals surface area (Å²) in [5.41, 5.74) is 3.11. The number of hydrogen-bond acceptors (Lipinski definition) is 3. The number of anilines is 1. The van der Waals surface area contributed by atoms with Crippen LogP contribution in [0.2, 0.25) is 0 Å². The number of rotatable bonds is 7. The predicted octanol–water partition coefficient (Wildman–Crippen LogP) is 2.80. The van der Waals surface area contributed by atoms with Crippen molar-refractivity contribution >= 4 is 23.5 Å². The van der Waals surface area contributed by atoms with Crippen LogP contribution in [0.25, 0.3) is 0 Å². The minimum absolute atomic E-state index is 0.0367. The van der Waals surface area contributed by atoms with Crippen LogP contribution < -0.4 is 10.2 Å². The molecule has 2 N–H and O–H groups in total. The standard InChI is InChI=1S/C22H24N2O4/c1-15-5-2-6-16(11-15)12-18(22(27)28)14-23-21(26)17-7-3-8-19(13-17)24-10-4-9-20(24)25/h2-3,5-8,11,13,18H,4,9-10,12,14H2,1H3,(H,23,26)(H,27,28). The maximum absolute atomic E-state index is 12.5. The van der Waals surface area contributed by atoms with E-state index in [1.807, 2.05) is 31.2 Å². The van der Waals surface area contributed by atoms with E-state index in [2.05, 4.69) is 5.32 Å². The number of nitrogens with zero attached hydrogens (tertiary/aromatic N) is 1. The van der Waals surface area contributed by atoms with Crippen LogP contribution in [0.1, 0.15) is 34.3 Å². The highest BCUT2D eigenvalue weighted by Gasteiger charge is 2.23. The van der Waals surface area contributed by atoms with E-state index in [4.69, 9.17) is 0 Å². The second-order valence-corrected chi connectivity index (χ2v) is 7.14. The number of benzene rings is 2. The summed E-state index contributed by atoms with van der Waals surface area (Å²) in [4.78, 5) is 37.7. The Morgan fingerprint density at radius 2 is 1.96 bits per heavy atom. The molecule has 0 saturated carbocycles. The number of carboxylic acid groups (broad SMARTS) is 1. The first-order valence-electron chi connectivity index (χ1n) is 9.41. The summed E-state index contributed by atoms with van der Waals surface area (Å²) in [6.45, 7) is 2.65. The van der Waals surface area contributed by atoms with Gasteiger partial charge in [0.05, 0.1) is 5.92 Å². The molecule has 6 nitrogen and oxygen atoms in total. The Labute approximate surface area is 164 Å². The fourth-order valence-electron chi connectivity index (χ4n) is 3.42. The topological polar surface area (TPSA) is 86.7 Å². The second kappa shape index (κ2) is 8.69. The minimum Gasteiger partial charge on any atom is -0.481 e. The third kappa shape index (κ3) is 4.76. The Morgan fingerprint density at radius 3 is 2.64 bits per heavy atom. The molecule has 0 spiro atoms. The number of amides is 2. The van der Waals surface area contributed by atoms with Crippen molar-refractivity contribution in [3.8, 4) is 0 Å². The summed E-state index contributed by atoms with van der Waals surface area (Å²) in [7, 11) is 0. The van der Waals surface area contributed by atoms with Crippen molar-refractivity contribution < 1.29 is 19.5 Å². The van der Waals surface area contributed by atoms with Crippen molar-refractivity contribution in [1.82, 2.24) is 5.32 Å². The van der Waals surface area contributed by atoms with Crippen molar-refractivity contribution in [2.24, 2.45) is 5.92 Å². The van der Waals surface area contributed by atoms with Gasteiger partial charge in [-0.25, -0.2) is 0 Å². The van der Waals surface area contributed by atoms with Gasteiger partial charge >= 0.3 is 5.97 Å². The third-order valence-corrected chi connectivity index (χ3v) is 4.92. The Hall–Kier alpha value is -3.15. The fourth-order valence-corrected chi connectivity index (χ4v) is 3.42. The van der Waals surface area contributed by atoms with Crippen molar-refractivity contribution in [3.05, 3.63) is 65.2 Å². The van der Waals surface area contributed by atoms with Gasteiger partial charge in [0, 0.05) is 30.8 Å². The lowest BCUT2D eigenvalue weighted by Crippen LogP contribution is -2.34. The van der Waals surface area contributed by atoms with E-state index in [0.717, 1.165) is 17.5 Å². The van der Waals surface area contributed by atoms with E-state index in [9.17, 15) is 19.5 Å². The zero-order chi connectivity index (χ0) is 20.1. The third-order valence-electron chi connectivity index (χ3n) is 4.92. The summed E-state index contributed by atoms with van der Waals surface area (Å²) in [6, 6.07) is 14.6. The predicted molar refractivity (Wildman–Crippen MR) is 106 cm³/mol. The average Bonchev–Trinajstić information content (AvgIpc) is 3.10. The molecule has 3 rings (SSSR count). The van der Waals surface area contributed by atoms with Gasteiger partial charge in [-0.2, -0.15) is 0 Å². The highest BCUT2D eigenvalue weighted by Crippen LogP contribution is 2.22. The zero-order valence-corrected chi connectivity index (χ0v) is 15.9. The first-order chi connectivity index (χ1) is 13.4. The van der Waals surface area contributed by atoms with E-state index in [-0.39, 0.29) is 18.4 Å². The molecule has 1 heterocycles. The molecule has 1 atom stereocenters. The molecule has 0 aliphatic carbocycles. The molecule has 2 aromatic carbocycles. The molecule has 1 aliphatic heterocycles. The van der Waals surface area contributed by atoms with Gasteiger partial charge in [-0.3, -0.25) is 14.4 Å². The number of aliphatic carboxylic acids is 1. The summed E-state index contributed by atoms with van der Waals surface area (Å²) in [5.74, 6) is -1.95. The largest absolute Gasteiger partial charge is 0.481 e. The SMILES string of the molecule is Cc1cccc(CC(CNC(=O)c2cccc(N3CCCC3=O)c2)C(=O)O)c1. The van der Waals surface area contributed by atoms with Gasteiger partial charge in [0.1, 0.15) is 0 Å². The van der Waals surface area contributed by atoms with Crippen LogP contribution in [0.4, 0.5) is 5.69 Å². The van der Waals surface area contributed by atoms with Crippen LogP contribution in [-0.2, 0) is 16.0 Å². The first-order valence-corrected chi connectivity index (χ1v) is 9.41. The van der Waals surface area contributed by atoms with E-state index in [1.54, 1.807) is 29.2 Å². The zero-order valence-electron chi connectivity index (χ0n) is 15.9. The van der Waals surface area contributed by atoms with Crippen LogP contribution >= 0.6 is 0 Å². The molecule has 2 aromatic rings. The maximum atomic E-state index is 12.5. The number of carbonyl (C=O) groups is 3. The number of hydrogen-bond donors (Lipinski definition) is 2. The molecule has 0 radical (unpaired) electrons. The van der Waals surface area contributed by atoms with Crippen LogP contribution in [0.5, 0.6) is 0 Å². The molecule has 146 valence electrons. The molecule has 1 fully saturated rings. The molecule has 0 bridgehead atoms. The molecule has 2 amide bonds. The number of carboxylic acids is 1. The summed E-state index contributed by atoms with van der Waals surface area (Å²) in [5, 5.41) is 12.2. The molecule has 1 unspecified atom stereocenters. The van der Waals surface area contributed by atoms with Gasteiger partial charge in [-0.05, 0) is 43.5 Å². The van der Waals surface area contributed by atoms with Crippen molar-refractivity contribution in [3.63, 3.8) is 0 Å². The van der Waals surface area contributed by atoms with Crippen LogP contribution in [0, 0.1) is 12.8 Å². The summed E-state index contributed by atoms with van der Waals surface area (Å²) in [6.07, 6.45) is 1.68. The summed E-state index contributed by atoms with van der Waals surface area (Å²) < 4.78 is 0. The number of carbonyl (C=O) groups excluding carboxylic acids is 2. The highest BCUT2D eigenvalue weighted by atomic mass is 16.4. The highest BCUT2D eigenvalue weighted by molar-refractivity contribution is 5.99. The van der Waals surface area contributed by atoms with Crippen LogP contribution in [-0.4, -0.2) is 36.0 Å². The lowest BCUT2D eigenvalue weighted by Gasteiger charge is -2.17. The smallest absolute Gasteiger partial charge is 0.308 e. The van der Waals surface area contributed by atoms with Crippen molar-refractivity contribution in [1.29, 1.82) is 0 Å². The second-order valence-electron chi connectivity index (χ2n) is 7.14. The van der Waals surface area contributed by atoms with Crippen molar-refractivity contribution in [2.45, 2.75) is 26.2 Å². The van der Waals surface area contributed by atoms with Gasteiger partial charge in [-0.1, -0.05) is 35.9 Å². The number of aryl methyl sites for hydroxylation is 1. The monoisotopic (exact) mass is 380 g/mol. The van der Waals surface area contributed by atoms with Gasteiger partial charge in [-0.15, -0.1) is 0 Å². The Morgan fingerprint density at radius 1 is 1.18 bits per heavy atom. The quantitative estimate of drug-likeness (QED) is 0.773. The molecular formula is C22H24N2O4. The van der Waals surface area contributed by atoms with E-state index in [1.165, 1.54) is 0 Å². The van der Waals surface area contributed by atoms with E-state index < -0.39 is 11.9 Å². The van der Waals surface area contributed by atoms with Gasteiger partial charge in [0.25, 0.3) is 5.91 Å². The first kappa shape index (κ1) is 19.6. The molecule has 1 saturated heterocycles. The lowest BCUT2D eigenvalue weighted by atomic mass is 9.98. The normalized spacial score (nSPS) is 14.8. The molecular weight excluding hydrogens is 356 g/mol. The fraction of sp³-hybridized carbons (Fsp3) is 0.318. The van der Waals surface area contributed by atoms with E-state index in [0.29, 0.717) is 30.6 Å². The lowest BCUT2D eigenvalue weighted by molar-refractivity contribution is -0.141. The Balaban J connectivity index is 1.64. The number of nitrogens with one attached hydrogen (secondary N) is 1. The molecule has 6 heteroatoms. The Bertz CT molecular complexity index is 894. The van der Waals surface area contributed by atoms with Crippen molar-refractivity contribution in [2.75, 3.05) is 18.0 Å². The van der Waals surface area contributed by atoms with Gasteiger partial charge in [0.2, 0.25) is 5.91 Å². The van der Waals surface area contributed by atoms with Crippen LogP contribution in [0.15, 0.2) is 48.5 Å². The minimum atomic E-state index is -0.946. The molecule has 28 heavy (non-hydrogen) atoms. The molecule has 0 aromatic heterocycles. The van der Waals surface area contributed by atoms with Gasteiger partial charge in [0.15, 0.2) is 0 Å². The van der Waals surface area contributed by atoms with E-state index >= 15 is 0 Å². The summed E-state index contributed by atoms with van der Waals surface area (Å²) >= 11 is 0. The average molecular weight is 380 g/mol. The maximum Gasteiger partial charge on any atom is 0.308 e. The van der Waals surface area contributed by atoms with Gasteiger partial charge < -0.3 is 15.3 Å². The van der Waals surface area contributed by atoms with Crippen LogP contribution in [0.3, 0.4) is 0 Å². The molecule has 1 aliphatic rings. The Kier molecular flexibility index (Phi) is 6.09.